The van der Waals surface area contributed by atoms with Crippen LogP contribution in [0.4, 0.5) is 24.8 Å². The number of nitrogens with one attached hydrogen (secondary N) is 1. The van der Waals surface area contributed by atoms with E-state index in [1.54, 1.807) is 18.2 Å². The van der Waals surface area contributed by atoms with Gasteiger partial charge in [0.05, 0.1) is 17.5 Å². The zero-order valence-corrected chi connectivity index (χ0v) is 14.2. The maximum Gasteiger partial charge on any atom is 0.416 e. The highest BCUT2D eigenvalue weighted by Gasteiger charge is 2.29. The second-order valence-corrected chi connectivity index (χ2v) is 7.03. The van der Waals surface area contributed by atoms with E-state index in [9.17, 15) is 21.6 Å². The Labute approximate surface area is 146 Å². The number of nitrogens with zero attached hydrogens (tertiary/aromatic N) is 3. The number of hydrogen-bond acceptors (Lipinski definition) is 6. The summed E-state index contributed by atoms with van der Waals surface area (Å²) in [4.78, 5) is 4.20. The summed E-state index contributed by atoms with van der Waals surface area (Å²) < 4.78 is 66.1. The van der Waals surface area contributed by atoms with Crippen molar-refractivity contribution in [2.75, 3.05) is 11.6 Å². The molecule has 0 aliphatic rings. The van der Waals surface area contributed by atoms with E-state index in [4.69, 9.17) is 4.18 Å². The number of pyridine rings is 1. The van der Waals surface area contributed by atoms with Crippen molar-refractivity contribution in [3.8, 4) is 0 Å². The van der Waals surface area contributed by atoms with Crippen LogP contribution in [0.3, 0.4) is 0 Å². The second kappa shape index (κ2) is 6.57. The summed E-state index contributed by atoms with van der Waals surface area (Å²) in [5.74, 6) is 0.150. The van der Waals surface area contributed by atoms with Gasteiger partial charge >= 0.3 is 6.18 Å². The average Bonchev–Trinajstić information content (AvgIpc) is 2.94. The molecule has 11 heteroatoms. The second-order valence-electron chi connectivity index (χ2n) is 5.39. The number of anilines is 2. The van der Waals surface area contributed by atoms with Crippen LogP contribution >= 0.6 is 0 Å². The third kappa shape index (κ3) is 4.29. The van der Waals surface area contributed by atoms with Gasteiger partial charge < -0.3 is 5.32 Å². The van der Waals surface area contributed by atoms with Gasteiger partial charge in [0, 0.05) is 5.69 Å². The molecule has 0 aliphatic carbocycles. The maximum absolute atomic E-state index is 12.6. The molecule has 0 saturated heterocycles. The Bertz CT molecular complexity index is 1030. The van der Waals surface area contributed by atoms with Gasteiger partial charge in [0.15, 0.2) is 5.65 Å². The SMILES string of the molecule is CS(=O)(=O)OCc1cccc2nc(Nc3ccc(C(F)(F)F)cc3)nn12. The molecule has 0 amide bonds. The summed E-state index contributed by atoms with van der Waals surface area (Å²) in [6.45, 7) is -0.223. The van der Waals surface area contributed by atoms with Gasteiger partial charge in [-0.2, -0.15) is 26.6 Å². The van der Waals surface area contributed by atoms with E-state index in [1.165, 1.54) is 16.6 Å². The lowest BCUT2D eigenvalue weighted by Crippen LogP contribution is -2.06. The van der Waals surface area contributed by atoms with Crippen LogP contribution in [-0.2, 0) is 27.1 Å². The number of benzene rings is 1. The lowest BCUT2D eigenvalue weighted by molar-refractivity contribution is -0.137. The molecular weight excluding hydrogens is 373 g/mol. The molecule has 0 aliphatic heterocycles. The van der Waals surface area contributed by atoms with Crippen molar-refractivity contribution in [2.45, 2.75) is 12.8 Å². The Morgan fingerprint density at radius 2 is 1.85 bits per heavy atom. The van der Waals surface area contributed by atoms with E-state index >= 15 is 0 Å². The molecule has 0 radical (unpaired) electrons. The summed E-state index contributed by atoms with van der Waals surface area (Å²) >= 11 is 0. The molecular formula is C15H13F3N4O3S. The minimum Gasteiger partial charge on any atom is -0.323 e. The van der Waals surface area contributed by atoms with Gasteiger partial charge in [-0.15, -0.1) is 5.10 Å². The number of rotatable bonds is 5. The first-order valence-electron chi connectivity index (χ1n) is 7.25. The number of alkyl halides is 3. The zero-order valence-electron chi connectivity index (χ0n) is 13.4. The van der Waals surface area contributed by atoms with Crippen LogP contribution in [0.25, 0.3) is 5.65 Å². The van der Waals surface area contributed by atoms with E-state index in [2.05, 4.69) is 15.4 Å². The minimum absolute atomic E-state index is 0.150. The van der Waals surface area contributed by atoms with Crippen LogP contribution < -0.4 is 5.32 Å². The van der Waals surface area contributed by atoms with Crippen molar-refractivity contribution in [2.24, 2.45) is 0 Å². The third-order valence-corrected chi connectivity index (χ3v) is 3.87. The molecule has 1 aromatic carbocycles. The lowest BCUT2D eigenvalue weighted by atomic mass is 10.2. The lowest BCUT2D eigenvalue weighted by Gasteiger charge is -2.07. The van der Waals surface area contributed by atoms with Crippen molar-refractivity contribution in [3.05, 3.63) is 53.7 Å². The summed E-state index contributed by atoms with van der Waals surface area (Å²) in [7, 11) is -3.62. The molecule has 2 heterocycles. The van der Waals surface area contributed by atoms with Gasteiger partial charge in [-0.25, -0.2) is 4.52 Å². The van der Waals surface area contributed by atoms with Gasteiger partial charge in [0.25, 0.3) is 10.1 Å². The monoisotopic (exact) mass is 386 g/mol. The molecule has 0 atom stereocenters. The van der Waals surface area contributed by atoms with Crippen molar-refractivity contribution in [1.29, 1.82) is 0 Å². The fourth-order valence-corrected chi connectivity index (χ4v) is 2.50. The molecule has 1 N–H and O–H groups in total. The first-order chi connectivity index (χ1) is 12.1. The molecule has 3 aromatic rings. The van der Waals surface area contributed by atoms with E-state index in [0.29, 0.717) is 17.0 Å². The maximum atomic E-state index is 12.6. The Morgan fingerprint density at radius 1 is 1.15 bits per heavy atom. The summed E-state index contributed by atoms with van der Waals surface area (Å²) in [6, 6.07) is 9.36. The highest BCUT2D eigenvalue weighted by Crippen LogP contribution is 2.30. The number of halogens is 3. The van der Waals surface area contributed by atoms with E-state index in [0.717, 1.165) is 18.4 Å². The quantitative estimate of drug-likeness (QED) is 0.679. The molecule has 0 saturated carbocycles. The Morgan fingerprint density at radius 3 is 2.46 bits per heavy atom. The minimum atomic E-state index is -4.41. The molecule has 0 unspecified atom stereocenters. The summed E-state index contributed by atoms with van der Waals surface area (Å²) in [5, 5.41) is 6.98. The van der Waals surface area contributed by atoms with Crippen molar-refractivity contribution in [1.82, 2.24) is 14.6 Å². The van der Waals surface area contributed by atoms with Gasteiger partial charge in [-0.1, -0.05) is 6.07 Å². The van der Waals surface area contributed by atoms with Crippen LogP contribution in [0.1, 0.15) is 11.3 Å². The van der Waals surface area contributed by atoms with Crippen LogP contribution in [0.15, 0.2) is 42.5 Å². The average molecular weight is 386 g/mol. The van der Waals surface area contributed by atoms with Gasteiger partial charge in [-0.05, 0) is 36.4 Å². The Hall–Kier alpha value is -2.66. The van der Waals surface area contributed by atoms with Crippen molar-refractivity contribution in [3.63, 3.8) is 0 Å². The highest BCUT2D eigenvalue weighted by atomic mass is 32.2. The van der Waals surface area contributed by atoms with E-state index in [1.807, 2.05) is 0 Å². The summed E-state index contributed by atoms with van der Waals surface area (Å²) in [5.41, 5.74) is 0.490. The highest BCUT2D eigenvalue weighted by molar-refractivity contribution is 7.85. The molecule has 0 spiro atoms. The molecule has 3 rings (SSSR count). The largest absolute Gasteiger partial charge is 0.416 e. The van der Waals surface area contributed by atoms with Crippen LogP contribution in [-0.4, -0.2) is 29.3 Å². The van der Waals surface area contributed by atoms with Crippen LogP contribution in [0, 0.1) is 0 Å². The normalized spacial score (nSPS) is 12.5. The van der Waals surface area contributed by atoms with Crippen LogP contribution in [0.5, 0.6) is 0 Å². The first-order valence-corrected chi connectivity index (χ1v) is 9.07. The van der Waals surface area contributed by atoms with E-state index < -0.39 is 21.9 Å². The fourth-order valence-electron chi connectivity index (χ4n) is 2.16. The summed E-state index contributed by atoms with van der Waals surface area (Å²) in [6.07, 6.45) is -3.47. The molecule has 0 bridgehead atoms. The predicted molar refractivity (Wildman–Crippen MR) is 87.3 cm³/mol. The molecule has 26 heavy (non-hydrogen) atoms. The smallest absolute Gasteiger partial charge is 0.323 e. The Balaban J connectivity index is 1.83. The van der Waals surface area contributed by atoms with Gasteiger partial charge in [0.1, 0.15) is 6.61 Å². The number of fused-ring (bicyclic) bond motifs is 1. The first kappa shape index (κ1) is 18.1. The molecule has 2 aromatic heterocycles. The van der Waals surface area contributed by atoms with Gasteiger partial charge in [-0.3, -0.25) is 4.18 Å². The molecule has 7 nitrogen and oxygen atoms in total. The van der Waals surface area contributed by atoms with Crippen molar-refractivity contribution < 1.29 is 25.8 Å². The molecule has 0 fully saturated rings. The predicted octanol–water partition coefficient (Wildman–Crippen LogP) is 2.97. The topological polar surface area (TPSA) is 85.6 Å². The number of hydrogen-bond donors (Lipinski definition) is 1. The Kier molecular flexibility index (Phi) is 4.59. The zero-order chi connectivity index (χ0) is 18.9. The van der Waals surface area contributed by atoms with Gasteiger partial charge in [0.2, 0.25) is 5.95 Å². The van der Waals surface area contributed by atoms with E-state index in [-0.39, 0.29) is 12.6 Å². The standard InChI is InChI=1S/C15H13F3N4O3S/c1-26(23,24)25-9-12-3-2-4-13-20-14(21-22(12)13)19-11-7-5-10(6-8-11)15(16,17)18/h2-8H,9H2,1H3,(H,19,21). The van der Waals surface area contributed by atoms with Crippen LogP contribution in [0.2, 0.25) is 0 Å². The third-order valence-electron chi connectivity index (χ3n) is 3.33. The van der Waals surface area contributed by atoms with Crippen molar-refractivity contribution >= 4 is 27.4 Å². The fraction of sp³-hybridized carbons (Fsp3) is 0.200. The molecule has 138 valence electrons. The number of aromatic nitrogens is 3.